The van der Waals surface area contributed by atoms with Crippen molar-refractivity contribution >= 4 is 21.8 Å². The Morgan fingerprint density at radius 3 is 2.46 bits per heavy atom. The van der Waals surface area contributed by atoms with E-state index >= 15 is 0 Å². The van der Waals surface area contributed by atoms with E-state index in [0.717, 1.165) is 18.2 Å². The summed E-state index contributed by atoms with van der Waals surface area (Å²) in [5, 5.41) is 3.87. The van der Waals surface area contributed by atoms with Crippen molar-refractivity contribution < 1.29 is 4.79 Å². The van der Waals surface area contributed by atoms with Gasteiger partial charge >= 0.3 is 0 Å². The maximum atomic E-state index is 11.7. The minimum absolute atomic E-state index is 0.111. The molecule has 13 heavy (non-hydrogen) atoms. The highest BCUT2D eigenvalue weighted by Gasteiger charge is 2.27. The van der Waals surface area contributed by atoms with E-state index in [1.165, 1.54) is 12.8 Å². The summed E-state index contributed by atoms with van der Waals surface area (Å²) < 4.78 is 0. The molecule has 0 radical (unpaired) electrons. The fourth-order valence-electron chi connectivity index (χ4n) is 1.66. The van der Waals surface area contributed by atoms with Crippen LogP contribution in [0.3, 0.4) is 0 Å². The van der Waals surface area contributed by atoms with E-state index in [1.807, 2.05) is 13.8 Å². The zero-order valence-electron chi connectivity index (χ0n) is 8.40. The molecule has 1 aliphatic rings. The van der Waals surface area contributed by atoms with Crippen molar-refractivity contribution in [3.05, 3.63) is 0 Å². The molecule has 0 unspecified atom stereocenters. The van der Waals surface area contributed by atoms with Crippen molar-refractivity contribution in [2.24, 2.45) is 5.92 Å². The summed E-state index contributed by atoms with van der Waals surface area (Å²) in [6.07, 6.45) is 4.58. The van der Waals surface area contributed by atoms with E-state index < -0.39 is 0 Å². The van der Waals surface area contributed by atoms with Crippen LogP contribution in [-0.2, 0) is 4.79 Å². The number of hydrogen-bond acceptors (Lipinski definition) is 1. The monoisotopic (exact) mass is 247 g/mol. The van der Waals surface area contributed by atoms with Crippen LogP contribution >= 0.6 is 15.9 Å². The van der Waals surface area contributed by atoms with Gasteiger partial charge in [-0.3, -0.25) is 4.79 Å². The molecule has 0 heterocycles. The summed E-state index contributed by atoms with van der Waals surface area (Å²) in [5.74, 6) is 0.514. The summed E-state index contributed by atoms with van der Waals surface area (Å²) in [7, 11) is 0. The van der Waals surface area contributed by atoms with E-state index in [0.29, 0.717) is 0 Å². The van der Waals surface area contributed by atoms with Gasteiger partial charge in [0.05, 0.1) is 0 Å². The van der Waals surface area contributed by atoms with Gasteiger partial charge in [0.25, 0.3) is 0 Å². The number of carbonyl (C=O) groups excluding carboxylic acids is 1. The Bertz CT molecular complexity index is 185. The molecular weight excluding hydrogens is 230 g/mol. The number of alkyl halides is 1. The summed E-state index contributed by atoms with van der Waals surface area (Å²) in [6, 6.07) is 0. The van der Waals surface area contributed by atoms with Crippen molar-refractivity contribution in [1.82, 2.24) is 5.32 Å². The van der Waals surface area contributed by atoms with Crippen LogP contribution in [0, 0.1) is 5.92 Å². The second kappa shape index (κ2) is 4.45. The Morgan fingerprint density at radius 2 is 2.00 bits per heavy atom. The summed E-state index contributed by atoms with van der Waals surface area (Å²) in [5.41, 5.74) is -0.111. The van der Waals surface area contributed by atoms with Crippen LogP contribution in [0.2, 0.25) is 0 Å². The van der Waals surface area contributed by atoms with Gasteiger partial charge in [-0.05, 0) is 26.7 Å². The van der Waals surface area contributed by atoms with E-state index in [2.05, 4.69) is 21.2 Å². The molecular formula is C10H18BrNO. The van der Waals surface area contributed by atoms with Crippen LogP contribution in [0.5, 0.6) is 0 Å². The molecule has 1 saturated carbocycles. The predicted octanol–water partition coefficient (Wildman–Crippen LogP) is 2.47. The minimum atomic E-state index is -0.111. The lowest BCUT2D eigenvalue weighted by Gasteiger charge is -2.25. The summed E-state index contributed by atoms with van der Waals surface area (Å²) in [6.45, 7) is 4.07. The first-order valence-corrected chi connectivity index (χ1v) is 6.05. The number of nitrogens with one attached hydrogen (secondary N) is 1. The Hall–Kier alpha value is -0.0500. The van der Waals surface area contributed by atoms with E-state index in [-0.39, 0.29) is 17.4 Å². The first-order chi connectivity index (χ1) is 6.05. The molecule has 1 aliphatic carbocycles. The van der Waals surface area contributed by atoms with Crippen molar-refractivity contribution in [2.75, 3.05) is 5.33 Å². The molecule has 0 aliphatic heterocycles. The normalized spacial score (nSPS) is 19.0. The summed E-state index contributed by atoms with van der Waals surface area (Å²) >= 11 is 3.39. The molecule has 0 aromatic rings. The highest BCUT2D eigenvalue weighted by molar-refractivity contribution is 9.09. The van der Waals surface area contributed by atoms with Gasteiger partial charge in [-0.2, -0.15) is 0 Å². The molecule has 1 rings (SSSR count). The fraction of sp³-hybridized carbons (Fsp3) is 0.900. The molecule has 0 saturated heterocycles. The van der Waals surface area contributed by atoms with Gasteiger partial charge in [0, 0.05) is 16.8 Å². The highest BCUT2D eigenvalue weighted by atomic mass is 79.9. The second-order valence-corrected chi connectivity index (χ2v) is 5.05. The van der Waals surface area contributed by atoms with Crippen LogP contribution in [0.15, 0.2) is 0 Å². The summed E-state index contributed by atoms with van der Waals surface area (Å²) in [4.78, 5) is 11.7. The van der Waals surface area contributed by atoms with Crippen molar-refractivity contribution in [3.63, 3.8) is 0 Å². The lowest BCUT2D eigenvalue weighted by atomic mass is 10.0. The SMILES string of the molecule is CC(C)(CBr)NC(=O)C1CCCC1. The molecule has 0 bridgehead atoms. The third-order valence-electron chi connectivity index (χ3n) is 2.52. The number of halogens is 1. The maximum absolute atomic E-state index is 11.7. The molecule has 1 amide bonds. The topological polar surface area (TPSA) is 29.1 Å². The Balaban J connectivity index is 2.40. The molecule has 0 spiro atoms. The largest absolute Gasteiger partial charge is 0.350 e. The maximum Gasteiger partial charge on any atom is 0.223 e. The van der Waals surface area contributed by atoms with Crippen LogP contribution in [-0.4, -0.2) is 16.8 Å². The van der Waals surface area contributed by atoms with Crippen LogP contribution in [0.1, 0.15) is 39.5 Å². The second-order valence-electron chi connectivity index (χ2n) is 4.49. The Kier molecular flexibility index (Phi) is 3.77. The van der Waals surface area contributed by atoms with Gasteiger partial charge in [-0.15, -0.1) is 0 Å². The molecule has 0 aromatic carbocycles. The van der Waals surface area contributed by atoms with Gasteiger partial charge in [0.2, 0.25) is 5.91 Å². The molecule has 1 N–H and O–H groups in total. The number of hydrogen-bond donors (Lipinski definition) is 1. The van der Waals surface area contributed by atoms with Crippen molar-refractivity contribution in [2.45, 2.75) is 45.1 Å². The zero-order valence-corrected chi connectivity index (χ0v) is 9.99. The lowest BCUT2D eigenvalue weighted by molar-refractivity contribution is -0.126. The quantitative estimate of drug-likeness (QED) is 0.764. The highest BCUT2D eigenvalue weighted by Crippen LogP contribution is 2.25. The third-order valence-corrected chi connectivity index (χ3v) is 3.92. The smallest absolute Gasteiger partial charge is 0.223 e. The van der Waals surface area contributed by atoms with Crippen molar-refractivity contribution in [3.8, 4) is 0 Å². The fourth-order valence-corrected chi connectivity index (χ4v) is 1.80. The number of rotatable bonds is 3. The van der Waals surface area contributed by atoms with E-state index in [4.69, 9.17) is 0 Å². The minimum Gasteiger partial charge on any atom is -0.350 e. The first kappa shape index (κ1) is 11.0. The number of carbonyl (C=O) groups is 1. The van der Waals surface area contributed by atoms with E-state index in [9.17, 15) is 4.79 Å². The van der Waals surface area contributed by atoms with Crippen LogP contribution in [0.4, 0.5) is 0 Å². The lowest BCUT2D eigenvalue weighted by Crippen LogP contribution is -2.46. The third kappa shape index (κ3) is 3.29. The average Bonchev–Trinajstić information content (AvgIpc) is 2.55. The molecule has 1 fully saturated rings. The van der Waals surface area contributed by atoms with Gasteiger partial charge < -0.3 is 5.32 Å². The molecule has 76 valence electrons. The standard InChI is InChI=1S/C10H18BrNO/c1-10(2,7-11)12-9(13)8-5-3-4-6-8/h8H,3-7H2,1-2H3,(H,12,13). The molecule has 3 heteroatoms. The average molecular weight is 248 g/mol. The first-order valence-electron chi connectivity index (χ1n) is 4.93. The van der Waals surface area contributed by atoms with E-state index in [1.54, 1.807) is 0 Å². The number of amides is 1. The van der Waals surface area contributed by atoms with Crippen LogP contribution in [0.25, 0.3) is 0 Å². The molecule has 2 nitrogen and oxygen atoms in total. The van der Waals surface area contributed by atoms with Crippen molar-refractivity contribution in [1.29, 1.82) is 0 Å². The molecule has 0 atom stereocenters. The van der Waals surface area contributed by atoms with Gasteiger partial charge in [0.1, 0.15) is 0 Å². The van der Waals surface area contributed by atoms with Gasteiger partial charge in [-0.1, -0.05) is 28.8 Å². The van der Waals surface area contributed by atoms with Gasteiger partial charge in [0.15, 0.2) is 0 Å². The predicted molar refractivity (Wildman–Crippen MR) is 58.0 cm³/mol. The Labute approximate surface area is 88.6 Å². The Morgan fingerprint density at radius 1 is 1.46 bits per heavy atom. The zero-order chi connectivity index (χ0) is 9.90. The van der Waals surface area contributed by atoms with Gasteiger partial charge in [-0.25, -0.2) is 0 Å². The molecule has 0 aromatic heterocycles. The van der Waals surface area contributed by atoms with Crippen LogP contribution < -0.4 is 5.32 Å².